The summed E-state index contributed by atoms with van der Waals surface area (Å²) in [5.41, 5.74) is 10.2. The number of aliphatic imine (C=N–C) groups is 1. The van der Waals surface area contributed by atoms with Gasteiger partial charge in [0.05, 0.1) is 6.61 Å². The molecule has 0 aliphatic carbocycles. The molecule has 21 heavy (non-hydrogen) atoms. The molecule has 0 aromatic heterocycles. The molecule has 1 aliphatic rings. The third kappa shape index (κ3) is 6.20. The van der Waals surface area contributed by atoms with Gasteiger partial charge in [0.1, 0.15) is 24.4 Å². The van der Waals surface area contributed by atoms with Crippen LogP contribution in [0.2, 0.25) is 0 Å². The number of aliphatic hydroxyl groups is 5. The molecule has 1 saturated heterocycles. The van der Waals surface area contributed by atoms with Gasteiger partial charge in [-0.05, 0) is 0 Å². The first-order valence-electron chi connectivity index (χ1n) is 5.95. The van der Waals surface area contributed by atoms with Gasteiger partial charge in [-0.2, -0.15) is 4.99 Å². The molecule has 1 heterocycles. The van der Waals surface area contributed by atoms with Crippen molar-refractivity contribution >= 4 is 11.9 Å². The summed E-state index contributed by atoms with van der Waals surface area (Å²) in [6.45, 7) is -0.526. The summed E-state index contributed by atoms with van der Waals surface area (Å²) in [4.78, 5) is 5.03. The minimum absolute atomic E-state index is 0.238. The van der Waals surface area contributed by atoms with Crippen molar-refractivity contribution in [1.82, 2.24) is 4.90 Å². The van der Waals surface area contributed by atoms with Gasteiger partial charge in [0.15, 0.2) is 12.2 Å². The zero-order valence-corrected chi connectivity index (χ0v) is 11.8. The van der Waals surface area contributed by atoms with Gasteiger partial charge in [-0.15, -0.1) is 0 Å². The molecule has 11 heteroatoms. The highest BCUT2D eigenvalue weighted by molar-refractivity contribution is 5.91. The fourth-order valence-electron chi connectivity index (χ4n) is 1.31. The van der Waals surface area contributed by atoms with Gasteiger partial charge in [0, 0.05) is 14.1 Å². The van der Waals surface area contributed by atoms with E-state index >= 15 is 0 Å². The predicted octanol–water partition coefficient (Wildman–Crippen LogP) is -4.47. The smallest absolute Gasteiger partial charge is 0.215 e. The van der Waals surface area contributed by atoms with Crippen LogP contribution in [0.5, 0.6) is 0 Å². The molecule has 0 aromatic rings. The zero-order chi connectivity index (χ0) is 16.7. The van der Waals surface area contributed by atoms with Gasteiger partial charge < -0.3 is 46.6 Å². The Bertz CT molecular complexity index is 361. The van der Waals surface area contributed by atoms with Crippen molar-refractivity contribution in [3.63, 3.8) is 0 Å². The largest absolute Gasteiger partial charge is 0.394 e. The highest BCUT2D eigenvalue weighted by Crippen LogP contribution is 2.18. The molecule has 0 aromatic carbocycles. The standard InChI is InChI=1S/C6H12O6.C4H11N5/c7-1-2-3(8)4(9)5(10)6(11)12-2;1-9(2)4(7)8-3(5)6/h2-11H,1H2;1-2H3,(H5,5,6,7,8)/t2-,3-,4+,5-,6?;/m1./s1. The topological polar surface area (TPSA) is 202 Å². The number of nitrogens with two attached hydrogens (primary N) is 2. The number of guanidine groups is 2. The van der Waals surface area contributed by atoms with Gasteiger partial charge in [-0.3, -0.25) is 5.41 Å². The van der Waals surface area contributed by atoms with E-state index in [0.29, 0.717) is 0 Å². The molecule has 11 nitrogen and oxygen atoms in total. The molecular formula is C10H23N5O6. The van der Waals surface area contributed by atoms with E-state index in [4.69, 9.17) is 42.4 Å². The SMILES string of the molecule is CN(C)/C(N)=N/C(=N)N.OC[C@H]1OC(O)[C@H](O)[C@@H](O)[C@@H]1O. The fourth-order valence-corrected chi connectivity index (χ4v) is 1.31. The number of aliphatic hydroxyl groups excluding tert-OH is 5. The van der Waals surface area contributed by atoms with E-state index in [2.05, 4.69) is 9.73 Å². The quantitative estimate of drug-likeness (QED) is 0.173. The maximum Gasteiger partial charge on any atom is 0.215 e. The number of rotatable bonds is 1. The molecule has 0 amide bonds. The van der Waals surface area contributed by atoms with Crippen molar-refractivity contribution < 1.29 is 30.3 Å². The summed E-state index contributed by atoms with van der Waals surface area (Å²) >= 11 is 0. The number of hydrogen-bond donors (Lipinski definition) is 8. The zero-order valence-electron chi connectivity index (χ0n) is 11.8. The van der Waals surface area contributed by atoms with Crippen molar-refractivity contribution in [2.45, 2.75) is 30.7 Å². The van der Waals surface area contributed by atoms with Crippen molar-refractivity contribution in [3.8, 4) is 0 Å². The van der Waals surface area contributed by atoms with Crippen molar-refractivity contribution in [1.29, 1.82) is 5.41 Å². The Morgan fingerprint density at radius 2 is 1.67 bits per heavy atom. The highest BCUT2D eigenvalue weighted by atomic mass is 16.6. The van der Waals surface area contributed by atoms with Gasteiger partial charge in [-0.1, -0.05) is 0 Å². The van der Waals surface area contributed by atoms with E-state index < -0.39 is 37.3 Å². The van der Waals surface area contributed by atoms with E-state index in [-0.39, 0.29) is 11.9 Å². The molecule has 5 atom stereocenters. The molecule has 0 spiro atoms. The van der Waals surface area contributed by atoms with E-state index in [1.165, 1.54) is 0 Å². The first kappa shape index (κ1) is 19.5. The summed E-state index contributed by atoms with van der Waals surface area (Å²) < 4.78 is 4.58. The van der Waals surface area contributed by atoms with Crippen LogP contribution in [0.25, 0.3) is 0 Å². The summed E-state index contributed by atoms with van der Waals surface area (Å²) in [7, 11) is 3.45. The molecule has 0 saturated carbocycles. The fraction of sp³-hybridized carbons (Fsp3) is 0.800. The number of nitrogens with one attached hydrogen (secondary N) is 1. The minimum Gasteiger partial charge on any atom is -0.394 e. The van der Waals surface area contributed by atoms with E-state index in [0.717, 1.165) is 0 Å². The molecule has 1 unspecified atom stereocenters. The van der Waals surface area contributed by atoms with Crippen LogP contribution in [0.3, 0.4) is 0 Å². The second-order valence-electron chi connectivity index (χ2n) is 4.47. The van der Waals surface area contributed by atoms with Crippen molar-refractivity contribution in [3.05, 3.63) is 0 Å². The third-order valence-corrected chi connectivity index (χ3v) is 2.56. The molecule has 124 valence electrons. The van der Waals surface area contributed by atoms with E-state index in [9.17, 15) is 0 Å². The van der Waals surface area contributed by atoms with Crippen LogP contribution in [-0.2, 0) is 4.74 Å². The van der Waals surface area contributed by atoms with Crippen molar-refractivity contribution in [2.24, 2.45) is 16.5 Å². The molecule has 1 aliphatic heterocycles. The maximum absolute atomic E-state index is 9.12. The Hall–Kier alpha value is -1.50. The second-order valence-corrected chi connectivity index (χ2v) is 4.47. The number of nitrogens with zero attached hydrogens (tertiary/aromatic N) is 2. The van der Waals surface area contributed by atoms with Crippen LogP contribution < -0.4 is 11.5 Å². The Kier molecular flexibility index (Phi) is 8.09. The maximum atomic E-state index is 9.12. The molecule has 0 radical (unpaired) electrons. The van der Waals surface area contributed by atoms with Crippen molar-refractivity contribution in [2.75, 3.05) is 20.7 Å². The lowest BCUT2D eigenvalue weighted by Crippen LogP contribution is -2.58. The lowest BCUT2D eigenvalue weighted by molar-refractivity contribution is -0.286. The summed E-state index contributed by atoms with van der Waals surface area (Å²) in [6.07, 6.45) is -7.04. The summed E-state index contributed by atoms with van der Waals surface area (Å²) in [5.74, 6) is -0.0382. The average molecular weight is 309 g/mol. The van der Waals surface area contributed by atoms with Crippen LogP contribution in [0, 0.1) is 5.41 Å². The van der Waals surface area contributed by atoms with Crippen LogP contribution in [0.15, 0.2) is 4.99 Å². The normalized spacial score (nSPS) is 32.9. The second kappa shape index (κ2) is 8.71. The molecule has 0 bridgehead atoms. The van der Waals surface area contributed by atoms with Gasteiger partial charge >= 0.3 is 0 Å². The highest BCUT2D eigenvalue weighted by Gasteiger charge is 2.42. The first-order chi connectivity index (χ1) is 9.61. The Balaban J connectivity index is 0.000000400. The number of hydrogen-bond acceptors (Lipinski definition) is 7. The van der Waals surface area contributed by atoms with Crippen LogP contribution in [0.4, 0.5) is 0 Å². The van der Waals surface area contributed by atoms with E-state index in [1.807, 2.05) is 0 Å². The first-order valence-corrected chi connectivity index (χ1v) is 5.95. The third-order valence-electron chi connectivity index (χ3n) is 2.56. The van der Waals surface area contributed by atoms with Gasteiger partial charge in [0.2, 0.25) is 5.96 Å². The van der Waals surface area contributed by atoms with Crippen LogP contribution in [0.1, 0.15) is 0 Å². The van der Waals surface area contributed by atoms with Gasteiger partial charge in [0.25, 0.3) is 0 Å². The molecule has 1 fully saturated rings. The summed E-state index contributed by atoms with van der Waals surface area (Å²) in [6, 6.07) is 0. The lowest BCUT2D eigenvalue weighted by Gasteiger charge is -2.37. The molecule has 10 N–H and O–H groups in total. The average Bonchev–Trinajstić information content (AvgIpc) is 2.40. The monoisotopic (exact) mass is 309 g/mol. The molecule has 1 rings (SSSR count). The van der Waals surface area contributed by atoms with Crippen LogP contribution >= 0.6 is 0 Å². The summed E-state index contributed by atoms with van der Waals surface area (Å²) in [5, 5.41) is 51.4. The Morgan fingerprint density at radius 1 is 1.14 bits per heavy atom. The van der Waals surface area contributed by atoms with Crippen LogP contribution in [-0.4, -0.2) is 93.8 Å². The van der Waals surface area contributed by atoms with Gasteiger partial charge in [-0.25, -0.2) is 0 Å². The molecular weight excluding hydrogens is 286 g/mol. The lowest BCUT2D eigenvalue weighted by atomic mass is 10.00. The minimum atomic E-state index is -1.57. The number of ether oxygens (including phenoxy) is 1. The Morgan fingerprint density at radius 3 is 2.00 bits per heavy atom. The van der Waals surface area contributed by atoms with E-state index in [1.54, 1.807) is 19.0 Å². The predicted molar refractivity (Wildman–Crippen MR) is 73.2 cm³/mol. The Labute approximate surface area is 121 Å².